The van der Waals surface area contributed by atoms with Gasteiger partial charge in [0.25, 0.3) is 0 Å². The number of unbranched alkanes of at least 4 members (excludes halogenated alkanes) is 6. The summed E-state index contributed by atoms with van der Waals surface area (Å²) in [7, 11) is 3.67. The molecular weight excluding hydrogens is 596 g/mol. The lowest BCUT2D eigenvalue weighted by molar-refractivity contribution is -0.884. The van der Waals surface area contributed by atoms with Crippen LogP contribution in [0.15, 0.2) is 0 Å². The van der Waals surface area contributed by atoms with Crippen LogP contribution in [0.25, 0.3) is 0 Å². The van der Waals surface area contributed by atoms with E-state index in [0.29, 0.717) is 69.7 Å². The van der Waals surface area contributed by atoms with Crippen LogP contribution in [-0.4, -0.2) is 136 Å². The standard InChI is InChI=1S/C34H68N2O10/c1-5-7-11-15-29(38)32(46-26-24-44-22-20-37)27-30(39)31(45-25-23-43-21-6-2)16-12-9-8-10-13-17-33(40)35-18-14-19-36(3,4)28-34(41)42/h29-32,37-39H,5-28H2,1-4H3,(H-,35,40,41,42). The van der Waals surface area contributed by atoms with Crippen molar-refractivity contribution in [3.63, 3.8) is 0 Å². The minimum absolute atomic E-state index is 0.0145. The summed E-state index contributed by atoms with van der Waals surface area (Å²) in [5, 5.41) is 44.7. The molecule has 4 unspecified atom stereocenters. The molecule has 1 amide bonds. The van der Waals surface area contributed by atoms with Crippen LogP contribution in [0.3, 0.4) is 0 Å². The van der Waals surface area contributed by atoms with Crippen molar-refractivity contribution in [2.24, 2.45) is 0 Å². The van der Waals surface area contributed by atoms with E-state index in [1.165, 1.54) is 0 Å². The lowest BCUT2D eigenvalue weighted by Crippen LogP contribution is -2.49. The van der Waals surface area contributed by atoms with Gasteiger partial charge in [-0.2, -0.15) is 0 Å². The van der Waals surface area contributed by atoms with Crippen LogP contribution in [0.5, 0.6) is 0 Å². The number of carbonyl (C=O) groups excluding carboxylic acids is 2. The molecule has 0 rings (SSSR count). The van der Waals surface area contributed by atoms with E-state index >= 15 is 0 Å². The summed E-state index contributed by atoms with van der Waals surface area (Å²) in [6.07, 6.45) is 8.59. The molecule has 0 aliphatic heterocycles. The van der Waals surface area contributed by atoms with Crippen molar-refractivity contribution in [1.29, 1.82) is 0 Å². The van der Waals surface area contributed by atoms with Gasteiger partial charge in [0.15, 0.2) is 0 Å². The molecule has 46 heavy (non-hydrogen) atoms. The number of likely N-dealkylation sites (N-methyl/N-ethyl adjacent to an activating group) is 1. The number of hydrogen-bond acceptors (Lipinski definition) is 10. The van der Waals surface area contributed by atoms with E-state index in [2.05, 4.69) is 12.2 Å². The van der Waals surface area contributed by atoms with Crippen molar-refractivity contribution in [2.45, 2.75) is 128 Å². The fourth-order valence-electron chi connectivity index (χ4n) is 5.25. The number of quaternary nitrogens is 1. The van der Waals surface area contributed by atoms with Gasteiger partial charge in [-0.05, 0) is 25.7 Å². The summed E-state index contributed by atoms with van der Waals surface area (Å²) < 4.78 is 23.2. The Bertz CT molecular complexity index is 728. The molecule has 0 aromatic carbocycles. The third-order valence-electron chi connectivity index (χ3n) is 7.85. The maximum absolute atomic E-state index is 12.2. The minimum atomic E-state index is -1.07. The molecule has 0 aliphatic carbocycles. The summed E-state index contributed by atoms with van der Waals surface area (Å²) >= 11 is 0. The second-order valence-electron chi connectivity index (χ2n) is 12.8. The monoisotopic (exact) mass is 664 g/mol. The first-order valence-electron chi connectivity index (χ1n) is 17.7. The van der Waals surface area contributed by atoms with E-state index < -0.39 is 30.4 Å². The van der Waals surface area contributed by atoms with Crippen LogP contribution in [0.2, 0.25) is 0 Å². The third kappa shape index (κ3) is 26.7. The average molecular weight is 665 g/mol. The molecule has 0 saturated carbocycles. The fourth-order valence-corrected chi connectivity index (χ4v) is 5.25. The van der Waals surface area contributed by atoms with E-state index in [0.717, 1.165) is 57.8 Å². The molecule has 0 saturated heterocycles. The van der Waals surface area contributed by atoms with E-state index in [4.69, 9.17) is 24.1 Å². The zero-order valence-corrected chi connectivity index (χ0v) is 29.4. The van der Waals surface area contributed by atoms with E-state index in [1.54, 1.807) is 0 Å². The summed E-state index contributed by atoms with van der Waals surface area (Å²) in [4.78, 5) is 23.0. The van der Waals surface area contributed by atoms with Crippen molar-refractivity contribution < 1.29 is 53.4 Å². The van der Waals surface area contributed by atoms with Crippen LogP contribution in [0, 0.1) is 0 Å². The largest absolute Gasteiger partial charge is 0.544 e. The number of aliphatic hydroxyl groups is 3. The Morgan fingerprint density at radius 3 is 2.02 bits per heavy atom. The molecule has 12 nitrogen and oxygen atoms in total. The van der Waals surface area contributed by atoms with E-state index in [9.17, 15) is 24.9 Å². The summed E-state index contributed by atoms with van der Waals surface area (Å²) in [5.41, 5.74) is 0. The lowest BCUT2D eigenvalue weighted by Gasteiger charge is -2.30. The highest BCUT2D eigenvalue weighted by Crippen LogP contribution is 2.20. The Balaban J connectivity index is 4.66. The molecule has 4 N–H and O–H groups in total. The lowest BCUT2D eigenvalue weighted by atomic mass is 9.96. The Morgan fingerprint density at radius 1 is 0.739 bits per heavy atom. The number of carboxylic acids is 1. The quantitative estimate of drug-likeness (QED) is 0.0590. The second-order valence-corrected chi connectivity index (χ2v) is 12.8. The molecule has 0 aliphatic rings. The summed E-state index contributed by atoms with van der Waals surface area (Å²) in [5.74, 6) is -1.06. The topological polar surface area (TPSA) is 167 Å². The zero-order chi connectivity index (χ0) is 34.5. The molecule has 0 aromatic heterocycles. The highest BCUT2D eigenvalue weighted by Gasteiger charge is 2.28. The van der Waals surface area contributed by atoms with Gasteiger partial charge >= 0.3 is 0 Å². The Labute approximate surface area is 278 Å². The Hall–Kier alpha value is -1.38. The van der Waals surface area contributed by atoms with Crippen molar-refractivity contribution >= 4 is 11.9 Å². The Kier molecular flexibility index (Phi) is 28.8. The van der Waals surface area contributed by atoms with Gasteiger partial charge in [0.2, 0.25) is 5.91 Å². The van der Waals surface area contributed by atoms with Crippen molar-refractivity contribution in [2.75, 3.05) is 80.0 Å². The smallest absolute Gasteiger partial charge is 0.219 e. The van der Waals surface area contributed by atoms with Crippen LogP contribution < -0.4 is 10.4 Å². The molecule has 274 valence electrons. The highest BCUT2D eigenvalue weighted by molar-refractivity contribution is 5.75. The molecule has 0 spiro atoms. The van der Waals surface area contributed by atoms with Crippen molar-refractivity contribution in [3.8, 4) is 0 Å². The molecule has 0 aromatic rings. The first kappa shape index (κ1) is 44.6. The number of ether oxygens (including phenoxy) is 4. The van der Waals surface area contributed by atoms with E-state index in [1.807, 2.05) is 21.0 Å². The predicted molar refractivity (Wildman–Crippen MR) is 176 cm³/mol. The van der Waals surface area contributed by atoms with Gasteiger partial charge in [0, 0.05) is 32.4 Å². The van der Waals surface area contributed by atoms with Gasteiger partial charge in [0.05, 0.1) is 90.7 Å². The number of carbonyl (C=O) groups is 2. The molecular formula is C34H68N2O10. The number of amides is 1. The first-order chi connectivity index (χ1) is 22.1. The number of aliphatic hydroxyl groups excluding tert-OH is 3. The molecule has 0 radical (unpaired) electrons. The maximum atomic E-state index is 12.2. The van der Waals surface area contributed by atoms with Gasteiger partial charge in [-0.3, -0.25) is 4.79 Å². The number of carboxylic acid groups (broad SMARTS) is 1. The summed E-state index contributed by atoms with van der Waals surface area (Å²) in [6, 6.07) is 0. The molecule has 12 heteroatoms. The molecule has 0 heterocycles. The molecule has 0 bridgehead atoms. The van der Waals surface area contributed by atoms with Gasteiger partial charge in [-0.15, -0.1) is 0 Å². The molecule has 0 fully saturated rings. The van der Waals surface area contributed by atoms with Gasteiger partial charge in [-0.25, -0.2) is 0 Å². The Morgan fingerprint density at radius 2 is 1.37 bits per heavy atom. The fraction of sp³-hybridized carbons (Fsp3) is 0.941. The van der Waals surface area contributed by atoms with Crippen LogP contribution in [0.1, 0.15) is 104 Å². The minimum Gasteiger partial charge on any atom is -0.544 e. The average Bonchev–Trinajstić information content (AvgIpc) is 3.00. The van der Waals surface area contributed by atoms with Crippen LogP contribution in [0.4, 0.5) is 0 Å². The first-order valence-corrected chi connectivity index (χ1v) is 17.7. The number of nitrogens with zero attached hydrogens (tertiary/aromatic N) is 1. The number of rotatable bonds is 34. The van der Waals surface area contributed by atoms with Gasteiger partial charge in [0.1, 0.15) is 6.54 Å². The zero-order valence-electron chi connectivity index (χ0n) is 29.4. The van der Waals surface area contributed by atoms with Gasteiger partial charge in [-0.1, -0.05) is 58.8 Å². The normalized spacial score (nSPS) is 14.6. The third-order valence-corrected chi connectivity index (χ3v) is 7.85. The predicted octanol–water partition coefficient (Wildman–Crippen LogP) is 1.95. The second kappa shape index (κ2) is 29.7. The summed E-state index contributed by atoms with van der Waals surface area (Å²) in [6.45, 7) is 7.51. The number of aliphatic carboxylic acids is 1. The van der Waals surface area contributed by atoms with Crippen molar-refractivity contribution in [1.82, 2.24) is 5.32 Å². The number of hydrogen-bond donors (Lipinski definition) is 4. The SMILES string of the molecule is CCCCCC(O)C(CC(O)C(CCCCCCCC(=O)NCCC[N+](C)(C)CC(=O)[O-])OCCOCCC)OCCOCCO. The highest BCUT2D eigenvalue weighted by atomic mass is 16.5. The maximum Gasteiger partial charge on any atom is 0.219 e. The van der Waals surface area contributed by atoms with Gasteiger partial charge < -0.3 is 54.0 Å². The van der Waals surface area contributed by atoms with Crippen LogP contribution >= 0.6 is 0 Å². The van der Waals surface area contributed by atoms with Crippen molar-refractivity contribution in [3.05, 3.63) is 0 Å². The number of nitrogens with one attached hydrogen (secondary N) is 1. The van der Waals surface area contributed by atoms with Crippen LogP contribution in [-0.2, 0) is 28.5 Å². The molecule has 4 atom stereocenters. The van der Waals surface area contributed by atoms with E-state index in [-0.39, 0.29) is 38.7 Å².